The first-order valence-corrected chi connectivity index (χ1v) is 6.49. The first kappa shape index (κ1) is 14.1. The molecule has 0 unspecified atom stereocenters. The van der Waals surface area contributed by atoms with Crippen LogP contribution in [0.3, 0.4) is 0 Å². The molecule has 20 heavy (non-hydrogen) atoms. The highest BCUT2D eigenvalue weighted by Gasteiger charge is 2.02. The van der Waals surface area contributed by atoms with Gasteiger partial charge in [0.05, 0.1) is 0 Å². The van der Waals surface area contributed by atoms with E-state index >= 15 is 0 Å². The maximum absolute atomic E-state index is 12.7. The molecule has 0 saturated carbocycles. The highest BCUT2D eigenvalue weighted by molar-refractivity contribution is 5.90. The number of benzene rings is 2. The van der Waals surface area contributed by atoms with E-state index in [1.165, 1.54) is 17.7 Å². The molecule has 2 N–H and O–H groups in total. The van der Waals surface area contributed by atoms with E-state index in [1.54, 1.807) is 12.1 Å². The van der Waals surface area contributed by atoms with Crippen molar-refractivity contribution in [2.24, 2.45) is 0 Å². The molecule has 0 bridgehead atoms. The van der Waals surface area contributed by atoms with Gasteiger partial charge in [-0.3, -0.25) is 4.79 Å². The summed E-state index contributed by atoms with van der Waals surface area (Å²) < 4.78 is 12.7. The van der Waals surface area contributed by atoms with Gasteiger partial charge in [-0.2, -0.15) is 0 Å². The topological polar surface area (TPSA) is 41.1 Å². The summed E-state index contributed by atoms with van der Waals surface area (Å²) in [5, 5.41) is 5.91. The zero-order chi connectivity index (χ0) is 14.4. The number of carbonyl (C=O) groups is 1. The molecule has 104 valence electrons. The van der Waals surface area contributed by atoms with Crippen LogP contribution in [-0.4, -0.2) is 12.5 Å². The second-order valence-electron chi connectivity index (χ2n) is 4.60. The summed E-state index contributed by atoms with van der Waals surface area (Å²) in [5.74, 6) is -0.416. The standard InChI is InChI=1S/C16H17FN2O/c1-12-3-2-4-15(11-12)18-10-9-16(20)19-14-7-5-13(17)6-8-14/h2-8,11,18H,9-10H2,1H3,(H,19,20). The third-order valence-electron chi connectivity index (χ3n) is 2.83. The predicted molar refractivity (Wildman–Crippen MR) is 79.3 cm³/mol. The van der Waals surface area contributed by atoms with E-state index in [-0.39, 0.29) is 11.7 Å². The molecule has 1 amide bonds. The number of rotatable bonds is 5. The van der Waals surface area contributed by atoms with Crippen LogP contribution in [0.4, 0.5) is 15.8 Å². The fraction of sp³-hybridized carbons (Fsp3) is 0.188. The molecule has 0 fully saturated rings. The first-order chi connectivity index (χ1) is 9.63. The highest BCUT2D eigenvalue weighted by atomic mass is 19.1. The van der Waals surface area contributed by atoms with Crippen molar-refractivity contribution in [3.8, 4) is 0 Å². The van der Waals surface area contributed by atoms with Gasteiger partial charge in [-0.15, -0.1) is 0 Å². The van der Waals surface area contributed by atoms with Crippen molar-refractivity contribution in [2.75, 3.05) is 17.2 Å². The first-order valence-electron chi connectivity index (χ1n) is 6.49. The predicted octanol–water partition coefficient (Wildman–Crippen LogP) is 3.57. The smallest absolute Gasteiger partial charge is 0.226 e. The number of carbonyl (C=O) groups excluding carboxylic acids is 1. The Balaban J connectivity index is 1.76. The number of aryl methyl sites for hydroxylation is 1. The second kappa shape index (κ2) is 6.70. The van der Waals surface area contributed by atoms with Crippen LogP contribution in [0.2, 0.25) is 0 Å². The fourth-order valence-electron chi connectivity index (χ4n) is 1.83. The molecule has 0 saturated heterocycles. The summed E-state index contributed by atoms with van der Waals surface area (Å²) >= 11 is 0. The van der Waals surface area contributed by atoms with E-state index in [1.807, 2.05) is 31.2 Å². The number of nitrogens with one attached hydrogen (secondary N) is 2. The summed E-state index contributed by atoms with van der Waals surface area (Å²) in [7, 11) is 0. The Hall–Kier alpha value is -2.36. The Bertz CT molecular complexity index is 581. The van der Waals surface area contributed by atoms with E-state index in [4.69, 9.17) is 0 Å². The molecule has 0 aliphatic rings. The minimum atomic E-state index is -0.316. The minimum absolute atomic E-state index is 0.100. The van der Waals surface area contributed by atoms with Gasteiger partial charge in [-0.05, 0) is 48.9 Å². The van der Waals surface area contributed by atoms with Crippen LogP contribution in [0, 0.1) is 12.7 Å². The lowest BCUT2D eigenvalue weighted by molar-refractivity contribution is -0.115. The van der Waals surface area contributed by atoms with Crippen LogP contribution in [-0.2, 0) is 4.79 Å². The molecule has 0 aliphatic carbocycles. The van der Waals surface area contributed by atoms with E-state index in [0.717, 1.165) is 5.69 Å². The second-order valence-corrected chi connectivity index (χ2v) is 4.60. The number of amides is 1. The average molecular weight is 272 g/mol. The van der Waals surface area contributed by atoms with E-state index in [0.29, 0.717) is 18.7 Å². The van der Waals surface area contributed by atoms with Gasteiger partial charge < -0.3 is 10.6 Å². The Morgan fingerprint density at radius 3 is 2.55 bits per heavy atom. The summed E-state index contributed by atoms with van der Waals surface area (Å²) in [5.41, 5.74) is 2.78. The summed E-state index contributed by atoms with van der Waals surface area (Å²) in [4.78, 5) is 11.7. The van der Waals surface area contributed by atoms with Gasteiger partial charge >= 0.3 is 0 Å². The molecule has 2 rings (SSSR count). The zero-order valence-electron chi connectivity index (χ0n) is 11.3. The fourth-order valence-corrected chi connectivity index (χ4v) is 1.83. The van der Waals surface area contributed by atoms with Gasteiger partial charge in [-0.1, -0.05) is 12.1 Å². The van der Waals surface area contributed by atoms with Crippen molar-refractivity contribution in [1.29, 1.82) is 0 Å². The van der Waals surface area contributed by atoms with Gasteiger partial charge in [0.2, 0.25) is 5.91 Å². The lowest BCUT2D eigenvalue weighted by atomic mass is 10.2. The molecular weight excluding hydrogens is 255 g/mol. The Morgan fingerprint density at radius 2 is 1.85 bits per heavy atom. The molecular formula is C16H17FN2O. The molecule has 0 aromatic heterocycles. The zero-order valence-corrected chi connectivity index (χ0v) is 11.3. The Labute approximate surface area is 117 Å². The van der Waals surface area contributed by atoms with Gasteiger partial charge in [0, 0.05) is 24.3 Å². The maximum atomic E-state index is 12.7. The van der Waals surface area contributed by atoms with Crippen molar-refractivity contribution < 1.29 is 9.18 Å². The van der Waals surface area contributed by atoms with Crippen molar-refractivity contribution in [3.05, 3.63) is 59.9 Å². The van der Waals surface area contributed by atoms with E-state index < -0.39 is 0 Å². The lowest BCUT2D eigenvalue weighted by Gasteiger charge is -2.08. The molecule has 3 nitrogen and oxygen atoms in total. The average Bonchev–Trinajstić information content (AvgIpc) is 2.41. The van der Waals surface area contributed by atoms with Crippen LogP contribution >= 0.6 is 0 Å². The number of hydrogen-bond acceptors (Lipinski definition) is 2. The minimum Gasteiger partial charge on any atom is -0.385 e. The molecule has 0 aliphatic heterocycles. The van der Waals surface area contributed by atoms with E-state index in [9.17, 15) is 9.18 Å². The molecule has 4 heteroatoms. The SMILES string of the molecule is Cc1cccc(NCCC(=O)Nc2ccc(F)cc2)c1. The van der Waals surface area contributed by atoms with Gasteiger partial charge in [0.1, 0.15) is 5.82 Å². The number of halogens is 1. The summed E-state index contributed by atoms with van der Waals surface area (Å²) in [6.45, 7) is 2.57. The van der Waals surface area contributed by atoms with Crippen molar-refractivity contribution in [1.82, 2.24) is 0 Å². The summed E-state index contributed by atoms with van der Waals surface area (Å²) in [6, 6.07) is 13.7. The largest absolute Gasteiger partial charge is 0.385 e. The normalized spacial score (nSPS) is 10.1. The maximum Gasteiger partial charge on any atom is 0.226 e. The van der Waals surface area contributed by atoms with Crippen LogP contribution in [0.5, 0.6) is 0 Å². The van der Waals surface area contributed by atoms with Crippen LogP contribution in [0.15, 0.2) is 48.5 Å². The van der Waals surface area contributed by atoms with Crippen LogP contribution in [0.1, 0.15) is 12.0 Å². The number of hydrogen-bond donors (Lipinski definition) is 2. The molecule has 0 atom stereocenters. The van der Waals surface area contributed by atoms with Crippen molar-refractivity contribution in [2.45, 2.75) is 13.3 Å². The highest BCUT2D eigenvalue weighted by Crippen LogP contribution is 2.10. The summed E-state index contributed by atoms with van der Waals surface area (Å²) in [6.07, 6.45) is 0.352. The Morgan fingerprint density at radius 1 is 1.10 bits per heavy atom. The molecule has 0 spiro atoms. The monoisotopic (exact) mass is 272 g/mol. The Kier molecular flexibility index (Phi) is 4.71. The van der Waals surface area contributed by atoms with Crippen LogP contribution in [0.25, 0.3) is 0 Å². The van der Waals surface area contributed by atoms with Gasteiger partial charge in [0.25, 0.3) is 0 Å². The molecule has 0 heterocycles. The van der Waals surface area contributed by atoms with Crippen LogP contribution < -0.4 is 10.6 Å². The quantitative estimate of drug-likeness (QED) is 0.873. The van der Waals surface area contributed by atoms with Crippen molar-refractivity contribution in [3.63, 3.8) is 0 Å². The third kappa shape index (κ3) is 4.39. The molecule has 2 aromatic carbocycles. The molecule has 0 radical (unpaired) electrons. The van der Waals surface area contributed by atoms with E-state index in [2.05, 4.69) is 10.6 Å². The van der Waals surface area contributed by atoms with Crippen molar-refractivity contribution >= 4 is 17.3 Å². The van der Waals surface area contributed by atoms with Gasteiger partial charge in [0.15, 0.2) is 0 Å². The molecule has 2 aromatic rings. The van der Waals surface area contributed by atoms with Gasteiger partial charge in [-0.25, -0.2) is 4.39 Å². The lowest BCUT2D eigenvalue weighted by Crippen LogP contribution is -2.16. The number of anilines is 2. The third-order valence-corrected chi connectivity index (χ3v) is 2.83.